The van der Waals surface area contributed by atoms with Crippen LogP contribution in [0.5, 0.6) is 5.75 Å². The third-order valence-electron chi connectivity index (χ3n) is 3.96. The molecule has 3 rings (SSSR count). The number of ether oxygens (including phenoxy) is 2. The maximum atomic E-state index is 12.4. The van der Waals surface area contributed by atoms with Gasteiger partial charge < -0.3 is 9.47 Å². The summed E-state index contributed by atoms with van der Waals surface area (Å²) in [6.07, 6.45) is 0. The number of pyridine rings is 1. The number of aryl methyl sites for hydroxylation is 1. The van der Waals surface area contributed by atoms with Crippen molar-refractivity contribution >= 4 is 23.2 Å². The van der Waals surface area contributed by atoms with Gasteiger partial charge in [-0.2, -0.15) is 0 Å². The number of hydrogen-bond acceptors (Lipinski definition) is 5. The largest absolute Gasteiger partial charge is 0.476 e. The Morgan fingerprint density at radius 3 is 2.59 bits per heavy atom. The molecule has 0 radical (unpaired) electrons. The van der Waals surface area contributed by atoms with Crippen molar-refractivity contribution in [3.63, 3.8) is 0 Å². The molecule has 2 aromatic heterocycles. The van der Waals surface area contributed by atoms with Crippen LogP contribution in [0.15, 0.2) is 53.3 Å². The van der Waals surface area contributed by atoms with E-state index < -0.39 is 11.6 Å². The molecule has 0 aliphatic carbocycles. The first-order valence-corrected chi connectivity index (χ1v) is 8.74. The molecule has 0 aliphatic heterocycles. The number of nitrogens with zero attached hydrogens (tertiary/aromatic N) is 2. The van der Waals surface area contributed by atoms with Gasteiger partial charge in [-0.3, -0.25) is 9.20 Å². The number of esters is 1. The van der Waals surface area contributed by atoms with Crippen LogP contribution in [0.1, 0.15) is 25.2 Å². The van der Waals surface area contributed by atoms with E-state index in [1.165, 1.54) is 10.5 Å². The Labute approximate surface area is 161 Å². The average molecular weight is 387 g/mol. The molecule has 0 spiro atoms. The second kappa shape index (κ2) is 7.40. The fourth-order valence-corrected chi connectivity index (χ4v) is 2.72. The van der Waals surface area contributed by atoms with Gasteiger partial charge in [0.2, 0.25) is 0 Å². The van der Waals surface area contributed by atoms with Gasteiger partial charge in [-0.25, -0.2) is 9.78 Å². The lowest BCUT2D eigenvalue weighted by molar-refractivity contribution is -0.160. The number of hydrogen-bond donors (Lipinski definition) is 0. The number of aromatic nitrogens is 2. The van der Waals surface area contributed by atoms with Crippen molar-refractivity contribution in [2.24, 2.45) is 0 Å². The van der Waals surface area contributed by atoms with Crippen molar-refractivity contribution in [2.75, 3.05) is 0 Å². The lowest BCUT2D eigenvalue weighted by Crippen LogP contribution is -2.39. The van der Waals surface area contributed by atoms with Gasteiger partial charge >= 0.3 is 5.97 Å². The summed E-state index contributed by atoms with van der Waals surface area (Å²) in [4.78, 5) is 29.1. The third kappa shape index (κ3) is 4.28. The lowest BCUT2D eigenvalue weighted by Gasteiger charge is -2.24. The summed E-state index contributed by atoms with van der Waals surface area (Å²) in [7, 11) is 0. The second-order valence-corrected chi connectivity index (χ2v) is 7.03. The van der Waals surface area contributed by atoms with Gasteiger partial charge in [0.1, 0.15) is 18.0 Å². The number of carbonyl (C=O) groups is 1. The van der Waals surface area contributed by atoms with Crippen molar-refractivity contribution < 1.29 is 14.3 Å². The highest BCUT2D eigenvalue weighted by atomic mass is 35.5. The molecular formula is C20H19ClN2O4. The molecular weight excluding hydrogens is 368 g/mol. The van der Waals surface area contributed by atoms with E-state index in [1.54, 1.807) is 44.2 Å². The summed E-state index contributed by atoms with van der Waals surface area (Å²) >= 11 is 5.85. The summed E-state index contributed by atoms with van der Waals surface area (Å²) < 4.78 is 12.5. The average Bonchev–Trinajstić information content (AvgIpc) is 2.61. The fourth-order valence-electron chi connectivity index (χ4n) is 2.59. The van der Waals surface area contributed by atoms with Crippen LogP contribution < -0.4 is 10.3 Å². The van der Waals surface area contributed by atoms with Crippen LogP contribution >= 0.6 is 11.6 Å². The summed E-state index contributed by atoms with van der Waals surface area (Å²) in [6, 6.07) is 13.4. The quantitative estimate of drug-likeness (QED) is 0.627. The standard InChI is InChI=1S/C20H19ClN2O4/c1-13-5-4-6-17-22-15(11-18(24)23(13)17)12-26-19(25)20(2,3)27-16-9-7-14(21)8-10-16/h4-11H,12H2,1-3H3. The maximum absolute atomic E-state index is 12.4. The predicted octanol–water partition coefficient (Wildman–Crippen LogP) is 3.56. The molecule has 0 aliphatic rings. The summed E-state index contributed by atoms with van der Waals surface area (Å²) in [5.74, 6) is -0.0670. The zero-order valence-electron chi connectivity index (χ0n) is 15.2. The van der Waals surface area contributed by atoms with Crippen molar-refractivity contribution in [1.82, 2.24) is 9.38 Å². The van der Waals surface area contributed by atoms with E-state index in [9.17, 15) is 9.59 Å². The van der Waals surface area contributed by atoms with E-state index in [-0.39, 0.29) is 12.2 Å². The van der Waals surface area contributed by atoms with Crippen LogP contribution in [0.25, 0.3) is 5.65 Å². The Balaban J connectivity index is 1.72. The molecule has 0 saturated heterocycles. The molecule has 27 heavy (non-hydrogen) atoms. The van der Waals surface area contributed by atoms with Gasteiger partial charge in [0.15, 0.2) is 5.60 Å². The number of fused-ring (bicyclic) bond motifs is 1. The third-order valence-corrected chi connectivity index (χ3v) is 4.21. The highest BCUT2D eigenvalue weighted by Gasteiger charge is 2.32. The van der Waals surface area contributed by atoms with Crippen LogP contribution in [-0.2, 0) is 16.1 Å². The first kappa shape index (κ1) is 18.9. The van der Waals surface area contributed by atoms with Crippen LogP contribution in [0.2, 0.25) is 5.02 Å². The molecule has 0 fully saturated rings. The molecule has 1 aromatic carbocycles. The fraction of sp³-hybridized carbons (Fsp3) is 0.250. The Morgan fingerprint density at radius 1 is 1.19 bits per heavy atom. The molecule has 0 N–H and O–H groups in total. The minimum Gasteiger partial charge on any atom is -0.476 e. The van der Waals surface area contributed by atoms with Crippen LogP contribution in [0.3, 0.4) is 0 Å². The van der Waals surface area contributed by atoms with Gasteiger partial charge in [0.05, 0.1) is 5.69 Å². The van der Waals surface area contributed by atoms with E-state index >= 15 is 0 Å². The molecule has 2 heterocycles. The molecule has 0 unspecified atom stereocenters. The number of rotatable bonds is 5. The van der Waals surface area contributed by atoms with Gasteiger partial charge in [0.25, 0.3) is 5.56 Å². The molecule has 0 atom stereocenters. The van der Waals surface area contributed by atoms with Gasteiger partial charge in [-0.15, -0.1) is 0 Å². The minimum absolute atomic E-state index is 0.119. The van der Waals surface area contributed by atoms with E-state index in [0.29, 0.717) is 22.1 Å². The van der Waals surface area contributed by atoms with E-state index in [4.69, 9.17) is 21.1 Å². The molecule has 0 bridgehead atoms. The first-order chi connectivity index (χ1) is 12.8. The van der Waals surface area contributed by atoms with E-state index in [1.807, 2.05) is 19.1 Å². The summed E-state index contributed by atoms with van der Waals surface area (Å²) in [5.41, 5.74) is 0.231. The highest BCUT2D eigenvalue weighted by molar-refractivity contribution is 6.30. The molecule has 0 amide bonds. The lowest BCUT2D eigenvalue weighted by atomic mass is 10.1. The molecule has 3 aromatic rings. The van der Waals surface area contributed by atoms with Gasteiger partial charge in [0, 0.05) is 16.8 Å². The Kier molecular flexibility index (Phi) is 5.19. The van der Waals surface area contributed by atoms with Crippen molar-refractivity contribution in [3.8, 4) is 5.75 Å². The summed E-state index contributed by atoms with van der Waals surface area (Å²) in [5, 5.41) is 0.576. The van der Waals surface area contributed by atoms with Crippen molar-refractivity contribution in [3.05, 3.63) is 75.3 Å². The smallest absolute Gasteiger partial charge is 0.350 e. The predicted molar refractivity (Wildman–Crippen MR) is 102 cm³/mol. The first-order valence-electron chi connectivity index (χ1n) is 8.36. The maximum Gasteiger partial charge on any atom is 0.350 e. The molecule has 7 heteroatoms. The second-order valence-electron chi connectivity index (χ2n) is 6.59. The number of benzene rings is 1. The van der Waals surface area contributed by atoms with Gasteiger partial charge in [-0.05, 0) is 57.2 Å². The zero-order valence-corrected chi connectivity index (χ0v) is 16.0. The van der Waals surface area contributed by atoms with Crippen molar-refractivity contribution in [2.45, 2.75) is 33.0 Å². The molecule has 140 valence electrons. The highest BCUT2D eigenvalue weighted by Crippen LogP contribution is 2.22. The SMILES string of the molecule is Cc1cccc2nc(COC(=O)C(C)(C)Oc3ccc(Cl)cc3)cc(=O)n12. The molecule has 0 saturated carbocycles. The zero-order chi connectivity index (χ0) is 19.6. The Hall–Kier alpha value is -2.86. The number of carbonyl (C=O) groups excluding carboxylic acids is 1. The monoisotopic (exact) mass is 386 g/mol. The van der Waals surface area contributed by atoms with Crippen LogP contribution in [0, 0.1) is 6.92 Å². The number of halogens is 1. The topological polar surface area (TPSA) is 69.9 Å². The van der Waals surface area contributed by atoms with Gasteiger partial charge in [-0.1, -0.05) is 17.7 Å². The van der Waals surface area contributed by atoms with Crippen molar-refractivity contribution in [1.29, 1.82) is 0 Å². The molecule has 6 nitrogen and oxygen atoms in total. The Morgan fingerprint density at radius 2 is 1.89 bits per heavy atom. The van der Waals surface area contributed by atoms with E-state index in [0.717, 1.165) is 5.69 Å². The van der Waals surface area contributed by atoms with Crippen LogP contribution in [0.4, 0.5) is 0 Å². The normalized spacial score (nSPS) is 11.4. The van der Waals surface area contributed by atoms with Crippen LogP contribution in [-0.4, -0.2) is 21.0 Å². The minimum atomic E-state index is -1.21. The van der Waals surface area contributed by atoms with E-state index in [2.05, 4.69) is 4.98 Å². The Bertz CT molecular complexity index is 1040. The summed E-state index contributed by atoms with van der Waals surface area (Å²) in [6.45, 7) is 4.92.